The molecule has 0 unspecified atom stereocenters. The molecule has 3 heterocycles. The fourth-order valence-corrected chi connectivity index (χ4v) is 5.22. The Bertz CT molecular complexity index is 1280. The van der Waals surface area contributed by atoms with E-state index in [1.165, 1.54) is 10.7 Å². The van der Waals surface area contributed by atoms with E-state index in [0.717, 1.165) is 42.7 Å². The summed E-state index contributed by atoms with van der Waals surface area (Å²) in [6.45, 7) is 1.85. The molecule has 10 heteroatoms. The number of hydrogen-bond acceptors (Lipinski definition) is 4. The lowest BCUT2D eigenvalue weighted by Gasteiger charge is -2.14. The number of fused-ring (bicyclic) bond motifs is 1. The van der Waals surface area contributed by atoms with E-state index in [4.69, 9.17) is 0 Å². The molecule has 0 spiro atoms. The Morgan fingerprint density at radius 2 is 1.84 bits per heavy atom. The molecule has 32 heavy (non-hydrogen) atoms. The van der Waals surface area contributed by atoms with Crippen LogP contribution in [0.3, 0.4) is 0 Å². The predicted octanol–water partition coefficient (Wildman–Crippen LogP) is 5.98. The molecule has 0 atom stereocenters. The Morgan fingerprint density at radius 3 is 2.53 bits per heavy atom. The molecule has 1 aliphatic rings. The Morgan fingerprint density at radius 1 is 1.12 bits per heavy atom. The zero-order chi connectivity index (χ0) is 22.5. The van der Waals surface area contributed by atoms with Gasteiger partial charge in [0, 0.05) is 11.5 Å². The highest BCUT2D eigenvalue weighted by Gasteiger charge is 2.38. The second-order valence-electron chi connectivity index (χ2n) is 7.93. The molecule has 1 fully saturated rings. The number of anilines is 1. The lowest BCUT2D eigenvalue weighted by atomic mass is 10.2. The van der Waals surface area contributed by atoms with Crippen LogP contribution in [0.5, 0.6) is 0 Å². The summed E-state index contributed by atoms with van der Waals surface area (Å²) in [4.78, 5) is 13.5. The number of halogens is 3. The van der Waals surface area contributed by atoms with Crippen molar-refractivity contribution in [3.8, 4) is 5.69 Å². The fourth-order valence-electron chi connectivity index (χ4n) is 4.19. The number of carbonyl (C=O) groups excluding carboxylic acids is 1. The molecule has 1 aromatic carbocycles. The van der Waals surface area contributed by atoms with Gasteiger partial charge in [-0.15, -0.1) is 11.3 Å². The third-order valence-corrected chi connectivity index (χ3v) is 6.73. The molecule has 166 valence electrons. The van der Waals surface area contributed by atoms with Crippen LogP contribution in [0.4, 0.5) is 19.0 Å². The van der Waals surface area contributed by atoms with Gasteiger partial charge in [-0.05, 0) is 38.0 Å². The topological polar surface area (TPSA) is 64.7 Å². The number of rotatable bonds is 4. The van der Waals surface area contributed by atoms with E-state index in [2.05, 4.69) is 15.5 Å². The van der Waals surface area contributed by atoms with Crippen molar-refractivity contribution in [1.82, 2.24) is 19.6 Å². The molecular weight excluding hydrogens is 439 g/mol. The molecule has 0 aliphatic heterocycles. The molecule has 1 aliphatic carbocycles. The molecular formula is C22H20F3N5OS. The SMILES string of the molecule is Cc1cc(NC(=O)c2cc3c(C(F)(F)F)nn(-c4ccccc4)c3s2)n(C2CCCC2)n1. The number of carbonyl (C=O) groups is 1. The van der Waals surface area contributed by atoms with E-state index in [1.807, 2.05) is 11.6 Å². The van der Waals surface area contributed by atoms with Crippen molar-refractivity contribution < 1.29 is 18.0 Å². The van der Waals surface area contributed by atoms with Gasteiger partial charge in [-0.3, -0.25) is 4.79 Å². The Kier molecular flexibility index (Phi) is 5.04. The van der Waals surface area contributed by atoms with Gasteiger partial charge in [-0.25, -0.2) is 9.36 Å². The second-order valence-corrected chi connectivity index (χ2v) is 8.96. The first-order valence-corrected chi connectivity index (χ1v) is 11.2. The summed E-state index contributed by atoms with van der Waals surface area (Å²) in [5, 5.41) is 11.1. The van der Waals surface area contributed by atoms with E-state index < -0.39 is 17.8 Å². The lowest BCUT2D eigenvalue weighted by Crippen LogP contribution is -2.17. The maximum Gasteiger partial charge on any atom is 0.435 e. The maximum absolute atomic E-state index is 13.6. The molecule has 1 N–H and O–H groups in total. The van der Waals surface area contributed by atoms with E-state index >= 15 is 0 Å². The average Bonchev–Trinajstić information content (AvgIpc) is 3.51. The standard InChI is InChI=1S/C22H20F3N5OS/c1-13-11-18(29(27-13)14-9-5-6-10-14)26-20(31)17-12-16-19(22(23,24)25)28-30(21(16)32-17)15-7-3-2-4-8-15/h2-4,7-8,11-12,14H,5-6,9-10H2,1H3,(H,26,31). The molecule has 0 bridgehead atoms. The van der Waals surface area contributed by atoms with Gasteiger partial charge in [0.2, 0.25) is 0 Å². The largest absolute Gasteiger partial charge is 0.435 e. The summed E-state index contributed by atoms with van der Waals surface area (Å²) in [6.07, 6.45) is -0.415. The molecule has 0 radical (unpaired) electrons. The van der Waals surface area contributed by atoms with Crippen molar-refractivity contribution in [2.45, 2.75) is 44.8 Å². The van der Waals surface area contributed by atoms with Crippen molar-refractivity contribution in [2.75, 3.05) is 5.32 Å². The van der Waals surface area contributed by atoms with Gasteiger partial charge in [0.05, 0.1) is 22.3 Å². The number of para-hydroxylation sites is 1. The zero-order valence-electron chi connectivity index (χ0n) is 17.2. The van der Waals surface area contributed by atoms with Crippen LogP contribution in [0.2, 0.25) is 0 Å². The van der Waals surface area contributed by atoms with Crippen LogP contribution in [-0.4, -0.2) is 25.5 Å². The van der Waals surface area contributed by atoms with Crippen LogP contribution in [-0.2, 0) is 6.18 Å². The number of aromatic nitrogens is 4. The third-order valence-electron chi connectivity index (χ3n) is 5.62. The number of nitrogens with one attached hydrogen (secondary N) is 1. The van der Waals surface area contributed by atoms with Crippen LogP contribution in [0.15, 0.2) is 42.5 Å². The van der Waals surface area contributed by atoms with Crippen molar-refractivity contribution in [3.63, 3.8) is 0 Å². The number of aryl methyl sites for hydroxylation is 1. The number of thiophene rings is 1. The van der Waals surface area contributed by atoms with E-state index in [1.54, 1.807) is 36.4 Å². The van der Waals surface area contributed by atoms with Crippen LogP contribution >= 0.6 is 11.3 Å². The Balaban J connectivity index is 1.53. The molecule has 4 aromatic rings. The molecule has 1 amide bonds. The minimum absolute atomic E-state index is 0.0861. The van der Waals surface area contributed by atoms with Crippen molar-refractivity contribution in [1.29, 1.82) is 0 Å². The molecule has 5 rings (SSSR count). The second kappa shape index (κ2) is 7.77. The molecule has 6 nitrogen and oxygen atoms in total. The van der Waals surface area contributed by atoms with Gasteiger partial charge in [-0.2, -0.15) is 23.4 Å². The quantitative estimate of drug-likeness (QED) is 0.408. The van der Waals surface area contributed by atoms with Gasteiger partial charge >= 0.3 is 6.18 Å². The fraction of sp³-hybridized carbons (Fsp3) is 0.318. The Hall–Kier alpha value is -3.14. The summed E-state index contributed by atoms with van der Waals surface area (Å²) >= 11 is 0.987. The first-order valence-electron chi connectivity index (χ1n) is 10.3. The summed E-state index contributed by atoms with van der Waals surface area (Å²) < 4.78 is 44.0. The van der Waals surface area contributed by atoms with E-state index in [-0.39, 0.29) is 21.1 Å². The van der Waals surface area contributed by atoms with Crippen molar-refractivity contribution in [2.24, 2.45) is 0 Å². The zero-order valence-corrected chi connectivity index (χ0v) is 18.0. The number of alkyl halides is 3. The third kappa shape index (κ3) is 3.68. The minimum Gasteiger partial charge on any atom is -0.306 e. The van der Waals surface area contributed by atoms with Gasteiger partial charge in [-0.1, -0.05) is 31.0 Å². The minimum atomic E-state index is -4.63. The summed E-state index contributed by atoms with van der Waals surface area (Å²) in [6, 6.07) is 11.9. The summed E-state index contributed by atoms with van der Waals surface area (Å²) in [5.74, 6) is 0.107. The normalized spacial score (nSPS) is 15.0. The molecule has 0 saturated heterocycles. The smallest absolute Gasteiger partial charge is 0.306 e. The van der Waals surface area contributed by atoms with Gasteiger partial charge in [0.1, 0.15) is 10.6 Å². The van der Waals surface area contributed by atoms with Crippen LogP contribution in [0, 0.1) is 6.92 Å². The van der Waals surface area contributed by atoms with Gasteiger partial charge < -0.3 is 5.32 Å². The van der Waals surface area contributed by atoms with Crippen molar-refractivity contribution >= 4 is 33.3 Å². The number of nitrogens with zero attached hydrogens (tertiary/aromatic N) is 4. The first kappa shape index (κ1) is 20.7. The highest BCUT2D eigenvalue weighted by molar-refractivity contribution is 7.20. The summed E-state index contributed by atoms with van der Waals surface area (Å²) in [7, 11) is 0. The number of benzene rings is 1. The van der Waals surface area contributed by atoms with Gasteiger partial charge in [0.25, 0.3) is 5.91 Å². The Labute approximate surface area is 185 Å². The van der Waals surface area contributed by atoms with E-state index in [0.29, 0.717) is 11.5 Å². The highest BCUT2D eigenvalue weighted by Crippen LogP contribution is 2.39. The van der Waals surface area contributed by atoms with Gasteiger partial charge in [0.15, 0.2) is 5.69 Å². The first-order chi connectivity index (χ1) is 15.3. The van der Waals surface area contributed by atoms with Crippen molar-refractivity contribution in [3.05, 3.63) is 58.7 Å². The molecule has 3 aromatic heterocycles. The monoisotopic (exact) mass is 459 g/mol. The van der Waals surface area contributed by atoms with Crippen LogP contribution < -0.4 is 5.32 Å². The number of amides is 1. The predicted molar refractivity (Wildman–Crippen MR) is 116 cm³/mol. The maximum atomic E-state index is 13.6. The number of hydrogen-bond donors (Lipinski definition) is 1. The lowest BCUT2D eigenvalue weighted by molar-refractivity contribution is -0.140. The van der Waals surface area contributed by atoms with Crippen LogP contribution in [0.25, 0.3) is 15.9 Å². The van der Waals surface area contributed by atoms with Crippen LogP contribution in [0.1, 0.15) is 52.8 Å². The summed E-state index contributed by atoms with van der Waals surface area (Å²) in [5.41, 5.74) is 0.276. The average molecular weight is 459 g/mol. The van der Waals surface area contributed by atoms with E-state index in [9.17, 15) is 18.0 Å². The molecule has 1 saturated carbocycles. The highest BCUT2D eigenvalue weighted by atomic mass is 32.1.